The molecule has 114 valence electrons. The van der Waals surface area contributed by atoms with Crippen molar-refractivity contribution in [3.05, 3.63) is 77.4 Å². The molecule has 23 heavy (non-hydrogen) atoms. The van der Waals surface area contributed by atoms with Gasteiger partial charge in [-0.1, -0.05) is 42.5 Å². The molecule has 3 nitrogen and oxygen atoms in total. The van der Waals surface area contributed by atoms with Gasteiger partial charge in [0.1, 0.15) is 5.82 Å². The first-order valence-electron chi connectivity index (χ1n) is 7.12. The Morgan fingerprint density at radius 2 is 1.83 bits per heavy atom. The van der Waals surface area contributed by atoms with Crippen LogP contribution in [0, 0.1) is 5.82 Å². The summed E-state index contributed by atoms with van der Waals surface area (Å²) in [4.78, 5) is 4.38. The van der Waals surface area contributed by atoms with Crippen molar-refractivity contribution < 1.29 is 4.39 Å². The predicted molar refractivity (Wildman–Crippen MR) is 92.4 cm³/mol. The smallest absolute Gasteiger partial charge is 0.217 e. The third kappa shape index (κ3) is 4.40. The zero-order valence-corrected chi connectivity index (χ0v) is 13.1. The van der Waals surface area contributed by atoms with Crippen LogP contribution < -0.4 is 0 Å². The van der Waals surface area contributed by atoms with Gasteiger partial charge in [-0.15, -0.1) is 16.5 Å². The van der Waals surface area contributed by atoms with Gasteiger partial charge in [-0.05, 0) is 29.8 Å². The van der Waals surface area contributed by atoms with Gasteiger partial charge >= 0.3 is 0 Å². The van der Waals surface area contributed by atoms with Gasteiger partial charge in [0, 0.05) is 10.9 Å². The first kappa shape index (κ1) is 15.2. The lowest BCUT2D eigenvalue weighted by molar-refractivity contribution is 0.628. The Kier molecular flexibility index (Phi) is 5.01. The first-order valence-corrected chi connectivity index (χ1v) is 8.00. The van der Waals surface area contributed by atoms with Crippen LogP contribution in [0.25, 0.3) is 17.3 Å². The normalized spacial score (nSPS) is 11.5. The highest BCUT2D eigenvalue weighted by atomic mass is 32.1. The average Bonchev–Trinajstić information content (AvgIpc) is 3.05. The molecule has 2 aromatic carbocycles. The molecule has 1 heterocycles. The fourth-order valence-electron chi connectivity index (χ4n) is 1.96. The molecule has 0 saturated heterocycles. The molecule has 3 rings (SSSR count). The second-order valence-electron chi connectivity index (χ2n) is 4.76. The van der Waals surface area contributed by atoms with E-state index >= 15 is 0 Å². The summed E-state index contributed by atoms with van der Waals surface area (Å²) in [5, 5.41) is 10.7. The number of benzene rings is 2. The van der Waals surface area contributed by atoms with Crippen LogP contribution in [0.4, 0.5) is 9.52 Å². The van der Waals surface area contributed by atoms with Crippen molar-refractivity contribution in [2.45, 2.75) is 0 Å². The third-order valence-corrected chi connectivity index (χ3v) is 3.81. The number of hydrogen-bond donors (Lipinski definition) is 0. The maximum atomic E-state index is 12.9. The van der Waals surface area contributed by atoms with Crippen LogP contribution in [-0.2, 0) is 0 Å². The molecule has 5 heteroatoms. The van der Waals surface area contributed by atoms with Gasteiger partial charge in [-0.2, -0.15) is 5.11 Å². The molecule has 0 bridgehead atoms. The van der Waals surface area contributed by atoms with Crippen molar-refractivity contribution in [2.75, 3.05) is 6.54 Å². The van der Waals surface area contributed by atoms with Crippen molar-refractivity contribution >= 4 is 22.5 Å². The van der Waals surface area contributed by atoms with Gasteiger partial charge in [0.25, 0.3) is 0 Å². The minimum atomic E-state index is -0.255. The number of hydrogen-bond acceptors (Lipinski definition) is 4. The third-order valence-electron chi connectivity index (χ3n) is 3.09. The maximum Gasteiger partial charge on any atom is 0.230 e. The fraction of sp³-hybridized carbons (Fsp3) is 0.0556. The van der Waals surface area contributed by atoms with E-state index in [-0.39, 0.29) is 5.82 Å². The van der Waals surface area contributed by atoms with E-state index in [0.29, 0.717) is 11.7 Å². The van der Waals surface area contributed by atoms with Crippen LogP contribution in [-0.4, -0.2) is 11.5 Å². The van der Waals surface area contributed by atoms with Crippen LogP contribution >= 0.6 is 11.3 Å². The molecule has 0 unspecified atom stereocenters. The van der Waals surface area contributed by atoms with Gasteiger partial charge in [-0.25, -0.2) is 9.37 Å². The van der Waals surface area contributed by atoms with E-state index in [1.54, 1.807) is 12.1 Å². The summed E-state index contributed by atoms with van der Waals surface area (Å²) in [6.07, 6.45) is 3.96. The van der Waals surface area contributed by atoms with E-state index in [1.807, 2.05) is 47.9 Å². The molecular formula is C18H14FN3S. The molecule has 0 N–H and O–H groups in total. The number of thiazole rings is 1. The van der Waals surface area contributed by atoms with Crippen LogP contribution in [0.5, 0.6) is 0 Å². The zero-order chi connectivity index (χ0) is 15.9. The SMILES string of the molecule is Fc1ccc(-c2csc(N=NCC=Cc3ccccc3)n2)cc1. The Balaban J connectivity index is 1.58. The van der Waals surface area contributed by atoms with Crippen LogP contribution in [0.1, 0.15) is 5.56 Å². The Labute approximate surface area is 137 Å². The molecule has 0 amide bonds. The quantitative estimate of drug-likeness (QED) is 0.551. The molecule has 0 radical (unpaired) electrons. The van der Waals surface area contributed by atoms with Gasteiger partial charge < -0.3 is 0 Å². The van der Waals surface area contributed by atoms with E-state index < -0.39 is 0 Å². The summed E-state index contributed by atoms with van der Waals surface area (Å²) in [6.45, 7) is 0.500. The molecular weight excluding hydrogens is 309 g/mol. The van der Waals surface area contributed by atoms with Crippen molar-refractivity contribution in [2.24, 2.45) is 10.2 Å². The topological polar surface area (TPSA) is 37.6 Å². The van der Waals surface area contributed by atoms with Crippen molar-refractivity contribution in [1.82, 2.24) is 4.98 Å². The summed E-state index contributed by atoms with van der Waals surface area (Å²) in [5.41, 5.74) is 2.78. The highest BCUT2D eigenvalue weighted by Crippen LogP contribution is 2.26. The minimum absolute atomic E-state index is 0.255. The number of rotatable bonds is 5. The molecule has 0 spiro atoms. The van der Waals surface area contributed by atoms with Crippen molar-refractivity contribution in [1.29, 1.82) is 0 Å². The highest BCUT2D eigenvalue weighted by Gasteiger charge is 2.03. The molecule has 0 aliphatic carbocycles. The predicted octanol–water partition coefficient (Wildman–Crippen LogP) is 5.75. The molecule has 0 atom stereocenters. The van der Waals surface area contributed by atoms with Gasteiger partial charge in [0.2, 0.25) is 5.13 Å². The first-order chi connectivity index (χ1) is 11.3. The molecule has 1 aromatic heterocycles. The van der Waals surface area contributed by atoms with E-state index in [9.17, 15) is 4.39 Å². The lowest BCUT2D eigenvalue weighted by Gasteiger charge is -1.94. The zero-order valence-electron chi connectivity index (χ0n) is 12.3. The van der Waals surface area contributed by atoms with E-state index in [0.717, 1.165) is 16.8 Å². The highest BCUT2D eigenvalue weighted by molar-refractivity contribution is 7.13. The fourth-order valence-corrected chi connectivity index (χ4v) is 2.63. The minimum Gasteiger partial charge on any atom is -0.217 e. The molecule has 0 aliphatic rings. The number of halogens is 1. The molecule has 0 saturated carbocycles. The summed E-state index contributed by atoms with van der Waals surface area (Å²) in [5.74, 6) is -0.255. The summed E-state index contributed by atoms with van der Waals surface area (Å²) in [6, 6.07) is 16.3. The maximum absolute atomic E-state index is 12.9. The summed E-state index contributed by atoms with van der Waals surface area (Å²) < 4.78 is 12.9. The average molecular weight is 323 g/mol. The Morgan fingerprint density at radius 3 is 2.61 bits per heavy atom. The van der Waals surface area contributed by atoms with Gasteiger partial charge in [0.05, 0.1) is 12.2 Å². The van der Waals surface area contributed by atoms with E-state index in [4.69, 9.17) is 0 Å². The van der Waals surface area contributed by atoms with Gasteiger partial charge in [0.15, 0.2) is 0 Å². The van der Waals surface area contributed by atoms with Crippen LogP contribution in [0.2, 0.25) is 0 Å². The Morgan fingerprint density at radius 1 is 1.04 bits per heavy atom. The Hall–Kier alpha value is -2.66. The largest absolute Gasteiger partial charge is 0.230 e. The van der Waals surface area contributed by atoms with Crippen LogP contribution in [0.15, 0.2) is 76.3 Å². The lowest BCUT2D eigenvalue weighted by Crippen LogP contribution is -1.78. The second kappa shape index (κ2) is 7.56. The monoisotopic (exact) mass is 323 g/mol. The molecule has 0 aliphatic heterocycles. The standard InChI is InChI=1S/C18H14FN3S/c19-16-10-8-15(9-11-16)17-13-23-18(21-17)22-20-12-4-7-14-5-2-1-3-6-14/h1-11,13H,12H2. The summed E-state index contributed by atoms with van der Waals surface area (Å²) >= 11 is 1.41. The molecule has 3 aromatic rings. The lowest BCUT2D eigenvalue weighted by atomic mass is 10.2. The van der Waals surface area contributed by atoms with E-state index in [1.165, 1.54) is 23.5 Å². The number of aromatic nitrogens is 1. The van der Waals surface area contributed by atoms with Gasteiger partial charge in [-0.3, -0.25) is 0 Å². The van der Waals surface area contributed by atoms with Crippen LogP contribution in [0.3, 0.4) is 0 Å². The number of azo groups is 1. The van der Waals surface area contributed by atoms with E-state index in [2.05, 4.69) is 15.2 Å². The second-order valence-corrected chi connectivity index (χ2v) is 5.60. The number of nitrogens with zero attached hydrogens (tertiary/aromatic N) is 3. The Bertz CT molecular complexity index is 808. The summed E-state index contributed by atoms with van der Waals surface area (Å²) in [7, 11) is 0. The van der Waals surface area contributed by atoms with Crippen molar-refractivity contribution in [3.8, 4) is 11.3 Å². The molecule has 0 fully saturated rings. The van der Waals surface area contributed by atoms with Crippen molar-refractivity contribution in [3.63, 3.8) is 0 Å².